The fourth-order valence-corrected chi connectivity index (χ4v) is 3.41. The molecule has 0 saturated heterocycles. The molecule has 1 aromatic carbocycles. The van der Waals surface area contributed by atoms with Crippen molar-refractivity contribution in [3.63, 3.8) is 0 Å². The van der Waals surface area contributed by atoms with Gasteiger partial charge in [0.25, 0.3) is 5.56 Å². The topological polar surface area (TPSA) is 94.9 Å². The molecular formula is C18H20FN5O2S. The molecule has 0 saturated carbocycles. The Balaban J connectivity index is 1.91. The van der Waals surface area contributed by atoms with Gasteiger partial charge in [-0.2, -0.15) is 0 Å². The molecule has 3 rings (SSSR count). The van der Waals surface area contributed by atoms with Crippen LogP contribution in [-0.2, 0) is 20.1 Å². The van der Waals surface area contributed by atoms with Crippen LogP contribution in [-0.4, -0.2) is 14.1 Å². The van der Waals surface area contributed by atoms with E-state index in [1.165, 1.54) is 35.1 Å². The number of rotatable bonds is 6. The van der Waals surface area contributed by atoms with Crippen molar-refractivity contribution in [2.75, 3.05) is 11.1 Å². The number of hydrogen-bond acceptors (Lipinski definition) is 6. The maximum atomic E-state index is 13.0. The zero-order valence-electron chi connectivity index (χ0n) is 15.0. The summed E-state index contributed by atoms with van der Waals surface area (Å²) < 4.78 is 15.4. The van der Waals surface area contributed by atoms with Crippen molar-refractivity contribution in [1.82, 2.24) is 14.1 Å². The Kier molecular flexibility index (Phi) is 5.41. The number of anilines is 2. The SMILES string of the molecule is CCCn1c(N)c(-c2csc(NCc3ccc(F)cc3)n2)c(=O)n(C)c1=O. The predicted molar refractivity (Wildman–Crippen MR) is 105 cm³/mol. The molecule has 0 aliphatic heterocycles. The molecule has 142 valence electrons. The Hall–Kier alpha value is -2.94. The Morgan fingerprint density at radius 2 is 1.96 bits per heavy atom. The van der Waals surface area contributed by atoms with E-state index < -0.39 is 11.2 Å². The lowest BCUT2D eigenvalue weighted by atomic mass is 10.2. The molecule has 0 radical (unpaired) electrons. The second-order valence-corrected chi connectivity index (χ2v) is 6.93. The molecule has 0 fully saturated rings. The van der Waals surface area contributed by atoms with Crippen molar-refractivity contribution in [3.05, 3.63) is 61.9 Å². The molecular weight excluding hydrogens is 369 g/mol. The first-order valence-electron chi connectivity index (χ1n) is 8.46. The third kappa shape index (κ3) is 3.77. The lowest BCUT2D eigenvalue weighted by Gasteiger charge is -2.13. The number of hydrogen-bond donors (Lipinski definition) is 2. The van der Waals surface area contributed by atoms with Gasteiger partial charge in [0.15, 0.2) is 5.13 Å². The third-order valence-electron chi connectivity index (χ3n) is 4.15. The van der Waals surface area contributed by atoms with Gasteiger partial charge in [0.2, 0.25) is 0 Å². The zero-order chi connectivity index (χ0) is 19.6. The van der Waals surface area contributed by atoms with E-state index in [1.807, 2.05) is 6.92 Å². The summed E-state index contributed by atoms with van der Waals surface area (Å²) in [5.74, 6) is -0.163. The van der Waals surface area contributed by atoms with Crippen LogP contribution in [0.5, 0.6) is 0 Å². The van der Waals surface area contributed by atoms with Crippen LogP contribution in [0.4, 0.5) is 15.3 Å². The first kappa shape index (κ1) is 18.8. The minimum Gasteiger partial charge on any atom is -0.384 e. The number of nitrogens with two attached hydrogens (primary N) is 1. The van der Waals surface area contributed by atoms with E-state index in [9.17, 15) is 14.0 Å². The molecule has 2 aromatic heterocycles. The number of nitrogens with one attached hydrogen (secondary N) is 1. The summed E-state index contributed by atoms with van der Waals surface area (Å²) in [5, 5.41) is 5.47. The molecule has 0 aliphatic rings. The summed E-state index contributed by atoms with van der Waals surface area (Å²) >= 11 is 1.33. The number of halogens is 1. The first-order valence-corrected chi connectivity index (χ1v) is 9.33. The fourth-order valence-electron chi connectivity index (χ4n) is 2.71. The van der Waals surface area contributed by atoms with Crippen LogP contribution < -0.4 is 22.3 Å². The van der Waals surface area contributed by atoms with E-state index >= 15 is 0 Å². The van der Waals surface area contributed by atoms with Crippen LogP contribution in [0.25, 0.3) is 11.3 Å². The number of nitrogen functional groups attached to an aromatic ring is 1. The zero-order valence-corrected chi connectivity index (χ0v) is 15.8. The van der Waals surface area contributed by atoms with Crippen molar-refractivity contribution in [2.24, 2.45) is 7.05 Å². The minimum absolute atomic E-state index is 0.125. The van der Waals surface area contributed by atoms with Crippen LogP contribution in [0, 0.1) is 5.82 Å². The third-order valence-corrected chi connectivity index (χ3v) is 4.95. The van der Waals surface area contributed by atoms with Crippen LogP contribution >= 0.6 is 11.3 Å². The van der Waals surface area contributed by atoms with E-state index in [0.717, 1.165) is 10.1 Å². The Bertz CT molecular complexity index is 1070. The van der Waals surface area contributed by atoms with Crippen molar-refractivity contribution >= 4 is 22.3 Å². The van der Waals surface area contributed by atoms with Gasteiger partial charge in [0, 0.05) is 25.5 Å². The molecule has 2 heterocycles. The predicted octanol–water partition coefficient (Wildman–Crippen LogP) is 2.41. The summed E-state index contributed by atoms with van der Waals surface area (Å²) in [7, 11) is 1.43. The molecule has 0 atom stereocenters. The van der Waals surface area contributed by atoms with E-state index in [0.29, 0.717) is 30.3 Å². The van der Waals surface area contributed by atoms with Crippen molar-refractivity contribution < 1.29 is 4.39 Å². The van der Waals surface area contributed by atoms with Gasteiger partial charge in [0.1, 0.15) is 17.2 Å². The Morgan fingerprint density at radius 1 is 1.26 bits per heavy atom. The van der Waals surface area contributed by atoms with Crippen molar-refractivity contribution in [1.29, 1.82) is 0 Å². The molecule has 27 heavy (non-hydrogen) atoms. The number of nitrogens with zero attached hydrogens (tertiary/aromatic N) is 3. The van der Waals surface area contributed by atoms with Crippen molar-refractivity contribution in [3.8, 4) is 11.3 Å². The van der Waals surface area contributed by atoms with Crippen LogP contribution in [0.1, 0.15) is 18.9 Å². The maximum Gasteiger partial charge on any atom is 0.332 e. The van der Waals surface area contributed by atoms with E-state index in [1.54, 1.807) is 17.5 Å². The molecule has 0 spiro atoms. The van der Waals surface area contributed by atoms with E-state index in [-0.39, 0.29) is 17.2 Å². The van der Waals surface area contributed by atoms with Gasteiger partial charge in [-0.25, -0.2) is 14.2 Å². The second kappa shape index (κ2) is 7.75. The van der Waals surface area contributed by atoms with Gasteiger partial charge in [0.05, 0.1) is 5.69 Å². The number of thiazole rings is 1. The van der Waals surface area contributed by atoms with Gasteiger partial charge >= 0.3 is 5.69 Å². The molecule has 3 aromatic rings. The largest absolute Gasteiger partial charge is 0.384 e. The smallest absolute Gasteiger partial charge is 0.332 e. The summed E-state index contributed by atoms with van der Waals surface area (Å²) in [6, 6.07) is 6.16. The lowest BCUT2D eigenvalue weighted by molar-refractivity contribution is 0.600. The average Bonchev–Trinajstić information content (AvgIpc) is 3.12. The summed E-state index contributed by atoms with van der Waals surface area (Å²) in [6.45, 7) is 2.82. The Labute approximate surface area is 158 Å². The van der Waals surface area contributed by atoms with E-state index in [2.05, 4.69) is 10.3 Å². The van der Waals surface area contributed by atoms with E-state index in [4.69, 9.17) is 5.73 Å². The fraction of sp³-hybridized carbons (Fsp3) is 0.278. The van der Waals surface area contributed by atoms with Crippen molar-refractivity contribution in [2.45, 2.75) is 26.4 Å². The molecule has 9 heteroatoms. The van der Waals surface area contributed by atoms with Crippen LogP contribution in [0.15, 0.2) is 39.2 Å². The lowest BCUT2D eigenvalue weighted by Crippen LogP contribution is -2.40. The van der Waals surface area contributed by atoms with Crippen LogP contribution in [0.3, 0.4) is 0 Å². The van der Waals surface area contributed by atoms with Crippen LogP contribution in [0.2, 0.25) is 0 Å². The molecule has 3 N–H and O–H groups in total. The highest BCUT2D eigenvalue weighted by Crippen LogP contribution is 2.26. The van der Waals surface area contributed by atoms with Gasteiger partial charge in [-0.15, -0.1) is 11.3 Å². The summed E-state index contributed by atoms with van der Waals surface area (Å²) in [5.41, 5.74) is 6.75. The Morgan fingerprint density at radius 3 is 2.63 bits per heavy atom. The normalized spacial score (nSPS) is 10.9. The molecule has 0 bridgehead atoms. The van der Waals surface area contributed by atoms with Gasteiger partial charge in [-0.05, 0) is 24.1 Å². The average molecular weight is 389 g/mol. The highest BCUT2D eigenvalue weighted by Gasteiger charge is 2.19. The minimum atomic E-state index is -0.472. The van der Waals surface area contributed by atoms with Gasteiger partial charge in [-0.1, -0.05) is 19.1 Å². The number of aromatic nitrogens is 3. The summed E-state index contributed by atoms with van der Waals surface area (Å²) in [6.07, 6.45) is 0.712. The number of benzene rings is 1. The maximum absolute atomic E-state index is 13.0. The molecule has 0 amide bonds. The standard InChI is InChI=1S/C18H20FN5O2S/c1-3-8-24-15(20)14(16(25)23(2)18(24)26)13-10-27-17(22-13)21-9-11-4-6-12(19)7-5-11/h4-7,10H,3,8-9,20H2,1-2H3,(H,21,22). The first-order chi connectivity index (χ1) is 12.9. The quantitative estimate of drug-likeness (QED) is 0.675. The van der Waals surface area contributed by atoms with Gasteiger partial charge < -0.3 is 11.1 Å². The van der Waals surface area contributed by atoms with Gasteiger partial charge in [-0.3, -0.25) is 13.9 Å². The molecule has 0 aliphatic carbocycles. The second-order valence-electron chi connectivity index (χ2n) is 6.08. The monoisotopic (exact) mass is 389 g/mol. The highest BCUT2D eigenvalue weighted by atomic mass is 32.1. The highest BCUT2D eigenvalue weighted by molar-refractivity contribution is 7.14. The molecule has 0 unspecified atom stereocenters. The molecule has 7 nitrogen and oxygen atoms in total. The summed E-state index contributed by atoms with van der Waals surface area (Å²) in [4.78, 5) is 29.3.